The zero-order valence-electron chi connectivity index (χ0n) is 17.8. The molecule has 3 aliphatic rings. The number of pyridine rings is 1. The molecule has 0 radical (unpaired) electrons. The molecular weight excluding hydrogens is 460 g/mol. The summed E-state index contributed by atoms with van der Waals surface area (Å²) in [4.78, 5) is 26.4. The third kappa shape index (κ3) is 3.06. The molecule has 6 heterocycles. The normalized spacial score (nSPS) is 21.1. The predicted molar refractivity (Wildman–Crippen MR) is 126 cm³/mol. The molecule has 0 aromatic carbocycles. The van der Waals surface area contributed by atoms with Crippen molar-refractivity contribution in [1.82, 2.24) is 24.5 Å². The Morgan fingerprint density at radius 3 is 3.00 bits per heavy atom. The van der Waals surface area contributed by atoms with E-state index >= 15 is 0 Å². The third-order valence-corrected chi connectivity index (χ3v) is 8.58. The minimum Gasteiger partial charge on any atom is -0.380 e. The van der Waals surface area contributed by atoms with E-state index in [2.05, 4.69) is 20.4 Å². The molecule has 1 amide bonds. The van der Waals surface area contributed by atoms with Gasteiger partial charge in [0, 0.05) is 36.3 Å². The number of nitrogens with one attached hydrogen (secondary N) is 1. The van der Waals surface area contributed by atoms with Crippen molar-refractivity contribution in [3.8, 4) is 0 Å². The Morgan fingerprint density at radius 2 is 2.18 bits per heavy atom. The minimum atomic E-state index is 0.0481. The summed E-state index contributed by atoms with van der Waals surface area (Å²) in [5.74, 6) is 1.09. The Balaban J connectivity index is 1.17. The summed E-state index contributed by atoms with van der Waals surface area (Å²) in [7, 11) is 0. The van der Waals surface area contributed by atoms with Gasteiger partial charge in [-0.15, -0.1) is 11.3 Å². The minimum absolute atomic E-state index is 0.0481. The summed E-state index contributed by atoms with van der Waals surface area (Å²) in [6, 6.07) is 3.89. The molecule has 2 aliphatic heterocycles. The number of fused-ring (bicyclic) bond motifs is 4. The van der Waals surface area contributed by atoms with Gasteiger partial charge in [-0.05, 0) is 37.0 Å². The zero-order valence-corrected chi connectivity index (χ0v) is 19.3. The second kappa shape index (κ2) is 7.12. The predicted octanol–water partition coefficient (Wildman–Crippen LogP) is 3.70. The number of aryl methyl sites for hydroxylation is 1. The molecule has 0 unspecified atom stereocenters. The molecular formula is C23H21ClN6O2S. The molecule has 2 fully saturated rings. The topological polar surface area (TPSA) is 84.7 Å². The first kappa shape index (κ1) is 19.7. The molecule has 10 heteroatoms. The fraction of sp³-hybridized carbons (Fsp3) is 0.391. The highest BCUT2D eigenvalue weighted by Gasteiger charge is 2.51. The number of carbonyl (C=O) groups is 1. The molecule has 0 bridgehead atoms. The van der Waals surface area contributed by atoms with Gasteiger partial charge < -0.3 is 15.0 Å². The van der Waals surface area contributed by atoms with E-state index in [-0.39, 0.29) is 11.3 Å². The Labute approximate surface area is 198 Å². The van der Waals surface area contributed by atoms with E-state index in [9.17, 15) is 4.79 Å². The van der Waals surface area contributed by atoms with E-state index in [4.69, 9.17) is 16.3 Å². The monoisotopic (exact) mass is 480 g/mol. The maximum Gasteiger partial charge on any atom is 0.226 e. The van der Waals surface area contributed by atoms with Crippen LogP contribution < -0.4 is 5.32 Å². The third-order valence-electron chi connectivity index (χ3n) is 7.11. The van der Waals surface area contributed by atoms with Gasteiger partial charge in [-0.3, -0.25) is 4.79 Å². The quantitative estimate of drug-likeness (QED) is 0.481. The summed E-state index contributed by atoms with van der Waals surface area (Å²) >= 11 is 8.18. The van der Waals surface area contributed by atoms with Gasteiger partial charge in [-0.25, -0.2) is 14.5 Å². The number of carbonyl (C=O) groups excluding carboxylic acids is 1. The molecule has 1 aliphatic carbocycles. The molecule has 1 N–H and O–H groups in total. The van der Waals surface area contributed by atoms with Crippen molar-refractivity contribution in [2.45, 2.75) is 19.3 Å². The Morgan fingerprint density at radius 1 is 1.30 bits per heavy atom. The van der Waals surface area contributed by atoms with Crippen molar-refractivity contribution in [2.75, 3.05) is 31.6 Å². The van der Waals surface area contributed by atoms with Gasteiger partial charge in [0.05, 0.1) is 40.2 Å². The van der Waals surface area contributed by atoms with Gasteiger partial charge in [0.25, 0.3) is 0 Å². The highest BCUT2D eigenvalue weighted by Crippen LogP contribution is 2.43. The number of rotatable bonds is 3. The average Bonchev–Trinajstić information content (AvgIpc) is 3.35. The van der Waals surface area contributed by atoms with Crippen LogP contribution in [0, 0.1) is 11.3 Å². The lowest BCUT2D eigenvalue weighted by atomic mass is 9.76. The van der Waals surface area contributed by atoms with Gasteiger partial charge in [-0.2, -0.15) is 5.10 Å². The number of halogens is 1. The molecule has 1 spiro atoms. The van der Waals surface area contributed by atoms with Crippen LogP contribution in [0.25, 0.3) is 15.7 Å². The average molecular weight is 481 g/mol. The van der Waals surface area contributed by atoms with Gasteiger partial charge >= 0.3 is 0 Å². The SMILES string of the molecule is O=C([C@H]1CCc2c(sc3ncnc(Nc4cc5ccnn5cc4Cl)c23)C1)N1CC2(COC2)C1. The van der Waals surface area contributed by atoms with Crippen molar-refractivity contribution in [3.63, 3.8) is 0 Å². The maximum atomic E-state index is 13.1. The first-order valence-electron chi connectivity index (χ1n) is 11.1. The van der Waals surface area contributed by atoms with Gasteiger partial charge in [0.2, 0.25) is 5.91 Å². The van der Waals surface area contributed by atoms with Crippen LogP contribution in [-0.4, -0.2) is 56.7 Å². The molecule has 8 nitrogen and oxygen atoms in total. The number of likely N-dealkylation sites (tertiary alicyclic amines) is 1. The zero-order chi connectivity index (χ0) is 22.2. The number of amides is 1. The van der Waals surface area contributed by atoms with Crippen molar-refractivity contribution >= 4 is 56.1 Å². The first-order chi connectivity index (χ1) is 16.1. The van der Waals surface area contributed by atoms with Crippen LogP contribution >= 0.6 is 22.9 Å². The summed E-state index contributed by atoms with van der Waals surface area (Å²) in [6.45, 7) is 3.30. The fourth-order valence-corrected chi connectivity index (χ4v) is 6.79. The van der Waals surface area contributed by atoms with E-state index in [1.54, 1.807) is 34.6 Å². The number of anilines is 2. The van der Waals surface area contributed by atoms with Crippen LogP contribution in [0.5, 0.6) is 0 Å². The number of ether oxygens (including phenoxy) is 1. The highest BCUT2D eigenvalue weighted by molar-refractivity contribution is 7.19. The maximum absolute atomic E-state index is 13.1. The summed E-state index contributed by atoms with van der Waals surface area (Å²) < 4.78 is 7.08. The van der Waals surface area contributed by atoms with Crippen molar-refractivity contribution in [3.05, 3.63) is 46.3 Å². The molecule has 4 aromatic heterocycles. The standard InChI is InChI=1S/C23H21ClN6O2S/c24-16-7-30-14(3-4-27-30)6-17(16)28-20-19-15-2-1-13(5-18(15)33-21(19)26-12-25-20)22(31)29-8-23(9-29)10-32-11-23/h3-4,6-7,12-13H,1-2,5,8-11H2,(H,25,26,28)/t13-/m0/s1. The second-order valence-electron chi connectivity index (χ2n) is 9.39. The van der Waals surface area contributed by atoms with Crippen LogP contribution in [0.1, 0.15) is 16.9 Å². The number of hydrogen-bond donors (Lipinski definition) is 1. The van der Waals surface area contributed by atoms with E-state index in [1.165, 1.54) is 10.4 Å². The molecule has 33 heavy (non-hydrogen) atoms. The summed E-state index contributed by atoms with van der Waals surface area (Å²) in [5, 5.41) is 9.26. The van der Waals surface area contributed by atoms with Crippen LogP contribution in [0.15, 0.2) is 30.9 Å². The lowest BCUT2D eigenvalue weighted by molar-refractivity contribution is -0.197. The number of thiophene rings is 1. The van der Waals surface area contributed by atoms with Gasteiger partial charge in [0.15, 0.2) is 0 Å². The smallest absolute Gasteiger partial charge is 0.226 e. The molecule has 7 rings (SSSR count). The first-order valence-corrected chi connectivity index (χ1v) is 12.3. The molecule has 1 atom stereocenters. The largest absolute Gasteiger partial charge is 0.380 e. The lowest BCUT2D eigenvalue weighted by Gasteiger charge is -2.55. The van der Waals surface area contributed by atoms with E-state index in [0.717, 1.165) is 72.8 Å². The Kier molecular flexibility index (Phi) is 4.25. The lowest BCUT2D eigenvalue weighted by Crippen LogP contribution is -2.68. The summed E-state index contributed by atoms with van der Waals surface area (Å²) in [5.41, 5.74) is 3.24. The van der Waals surface area contributed by atoms with E-state index in [1.807, 2.05) is 17.0 Å². The van der Waals surface area contributed by atoms with Crippen LogP contribution in [-0.2, 0) is 22.4 Å². The van der Waals surface area contributed by atoms with Gasteiger partial charge in [0.1, 0.15) is 17.0 Å². The van der Waals surface area contributed by atoms with E-state index < -0.39 is 0 Å². The van der Waals surface area contributed by atoms with Crippen molar-refractivity contribution in [1.29, 1.82) is 0 Å². The molecule has 2 saturated heterocycles. The second-order valence-corrected chi connectivity index (χ2v) is 10.9. The van der Waals surface area contributed by atoms with Gasteiger partial charge in [-0.1, -0.05) is 11.6 Å². The van der Waals surface area contributed by atoms with Crippen LogP contribution in [0.2, 0.25) is 5.02 Å². The summed E-state index contributed by atoms with van der Waals surface area (Å²) in [6.07, 6.45) is 7.59. The Bertz CT molecular complexity index is 1420. The van der Waals surface area contributed by atoms with E-state index in [0.29, 0.717) is 10.9 Å². The number of hydrogen-bond acceptors (Lipinski definition) is 7. The number of aromatic nitrogens is 4. The van der Waals surface area contributed by atoms with Crippen LogP contribution in [0.4, 0.5) is 11.5 Å². The highest BCUT2D eigenvalue weighted by atomic mass is 35.5. The van der Waals surface area contributed by atoms with Crippen LogP contribution in [0.3, 0.4) is 0 Å². The van der Waals surface area contributed by atoms with Crippen molar-refractivity contribution < 1.29 is 9.53 Å². The molecule has 168 valence electrons. The number of nitrogens with zero attached hydrogens (tertiary/aromatic N) is 5. The fourth-order valence-electron chi connectivity index (χ4n) is 5.33. The molecule has 4 aromatic rings. The molecule has 0 saturated carbocycles. The Hall–Kier alpha value is -2.75. The van der Waals surface area contributed by atoms with Crippen molar-refractivity contribution in [2.24, 2.45) is 11.3 Å².